The van der Waals surface area contributed by atoms with Gasteiger partial charge >= 0.3 is 0 Å². The first-order valence-electron chi connectivity index (χ1n) is 4.49. The first-order chi connectivity index (χ1) is 5.13. The second kappa shape index (κ2) is 3.25. The van der Waals surface area contributed by atoms with E-state index in [0.717, 1.165) is 12.1 Å². The highest BCUT2D eigenvalue weighted by atomic mass is 28.3. The van der Waals surface area contributed by atoms with E-state index in [2.05, 4.69) is 13.8 Å². The third-order valence-corrected chi connectivity index (χ3v) is 8.80. The molecule has 1 aliphatic rings. The second-order valence-electron chi connectivity index (χ2n) is 3.75. The Hall–Kier alpha value is 0.137. The Morgan fingerprint density at radius 3 is 1.64 bits per heavy atom. The summed E-state index contributed by atoms with van der Waals surface area (Å²) in [5, 5.41) is 18.8. The van der Waals surface area contributed by atoms with Gasteiger partial charge in [-0.15, -0.1) is 0 Å². The van der Waals surface area contributed by atoms with Crippen molar-refractivity contribution in [2.75, 3.05) is 0 Å². The van der Waals surface area contributed by atoms with Crippen LogP contribution in [-0.4, -0.2) is 30.5 Å². The summed E-state index contributed by atoms with van der Waals surface area (Å²) in [6, 6.07) is 4.25. The van der Waals surface area contributed by atoms with Crippen LogP contribution in [-0.2, 0) is 0 Å². The van der Waals surface area contributed by atoms with Crippen LogP contribution >= 0.6 is 0 Å². The molecule has 0 saturated carbocycles. The minimum Gasteiger partial charge on any atom is -0.391 e. The zero-order chi connectivity index (χ0) is 8.48. The highest BCUT2D eigenvalue weighted by molar-refractivity contribution is 6.80. The predicted molar refractivity (Wildman–Crippen MR) is 48.3 cm³/mol. The minimum atomic E-state index is -1.21. The van der Waals surface area contributed by atoms with E-state index in [-0.39, 0.29) is 0 Å². The van der Waals surface area contributed by atoms with Crippen LogP contribution in [0.3, 0.4) is 0 Å². The second-order valence-corrected chi connectivity index (χ2v) is 8.98. The van der Waals surface area contributed by atoms with Gasteiger partial charge in [0.05, 0.1) is 20.3 Å². The van der Waals surface area contributed by atoms with Crippen molar-refractivity contribution in [1.29, 1.82) is 0 Å². The summed E-state index contributed by atoms with van der Waals surface area (Å²) >= 11 is 0. The molecule has 1 fully saturated rings. The summed E-state index contributed by atoms with van der Waals surface area (Å²) in [5.74, 6) is 0. The molecule has 1 aliphatic heterocycles. The molecule has 66 valence electrons. The predicted octanol–water partition coefficient (Wildman–Crippen LogP) is 1.21. The van der Waals surface area contributed by atoms with Crippen molar-refractivity contribution in [2.24, 2.45) is 0 Å². The van der Waals surface area contributed by atoms with Crippen LogP contribution in [0.15, 0.2) is 0 Å². The molecule has 2 N–H and O–H groups in total. The largest absolute Gasteiger partial charge is 0.391 e. The van der Waals surface area contributed by atoms with E-state index < -0.39 is 20.3 Å². The van der Waals surface area contributed by atoms with Gasteiger partial charge in [-0.05, 0) is 12.1 Å². The number of aliphatic hydroxyl groups is 2. The third-order valence-electron chi connectivity index (χ3n) is 3.23. The van der Waals surface area contributed by atoms with Gasteiger partial charge in [0.25, 0.3) is 0 Å². The third kappa shape index (κ3) is 1.66. The fraction of sp³-hybridized carbons (Fsp3) is 1.00. The zero-order valence-corrected chi connectivity index (χ0v) is 8.38. The normalized spacial score (nSPS) is 36.0. The summed E-state index contributed by atoms with van der Waals surface area (Å²) in [6.07, 6.45) is -0.830. The fourth-order valence-electron chi connectivity index (χ4n) is 2.07. The molecule has 1 rings (SSSR count). The molecule has 0 radical (unpaired) electrons. The van der Waals surface area contributed by atoms with Crippen molar-refractivity contribution in [2.45, 2.75) is 50.2 Å². The Labute approximate surface area is 69.3 Å². The van der Waals surface area contributed by atoms with Crippen molar-refractivity contribution in [3.63, 3.8) is 0 Å². The Morgan fingerprint density at radius 1 is 1.09 bits per heavy atom. The standard InChI is InChI=1S/C8H18O2Si/c1-3-11(4-2)5-7(9)8(10)6-11/h7-10H,3-6H2,1-2H3. The topological polar surface area (TPSA) is 40.5 Å². The van der Waals surface area contributed by atoms with Gasteiger partial charge in [0, 0.05) is 0 Å². The number of aliphatic hydroxyl groups excluding tert-OH is 2. The summed E-state index contributed by atoms with van der Waals surface area (Å²) < 4.78 is 0. The van der Waals surface area contributed by atoms with E-state index >= 15 is 0 Å². The molecule has 11 heavy (non-hydrogen) atoms. The molecular weight excluding hydrogens is 156 g/mol. The first-order valence-corrected chi connectivity index (χ1v) is 7.32. The molecule has 2 nitrogen and oxygen atoms in total. The summed E-state index contributed by atoms with van der Waals surface area (Å²) in [4.78, 5) is 0. The SMILES string of the molecule is CC[Si]1(CC)CC(O)C(O)C1. The Balaban J connectivity index is 2.61. The van der Waals surface area contributed by atoms with E-state index in [9.17, 15) is 10.2 Å². The van der Waals surface area contributed by atoms with Crippen molar-refractivity contribution in [3.8, 4) is 0 Å². The summed E-state index contributed by atoms with van der Waals surface area (Å²) in [5.41, 5.74) is 0. The molecule has 0 bridgehead atoms. The van der Waals surface area contributed by atoms with Crippen LogP contribution in [0.4, 0.5) is 0 Å². The van der Waals surface area contributed by atoms with Crippen molar-refractivity contribution in [3.05, 3.63) is 0 Å². The maximum absolute atomic E-state index is 9.38. The average molecular weight is 174 g/mol. The minimum absolute atomic E-state index is 0.415. The molecule has 2 unspecified atom stereocenters. The van der Waals surface area contributed by atoms with Gasteiger partial charge < -0.3 is 10.2 Å². The molecule has 1 saturated heterocycles. The number of hydrogen-bond acceptors (Lipinski definition) is 2. The van der Waals surface area contributed by atoms with Crippen LogP contribution in [0.25, 0.3) is 0 Å². The van der Waals surface area contributed by atoms with Crippen molar-refractivity contribution in [1.82, 2.24) is 0 Å². The van der Waals surface area contributed by atoms with Crippen molar-refractivity contribution >= 4 is 8.07 Å². The molecule has 0 aromatic rings. The lowest BCUT2D eigenvalue weighted by Crippen LogP contribution is -2.28. The van der Waals surface area contributed by atoms with Crippen LogP contribution in [0.2, 0.25) is 24.2 Å². The highest BCUT2D eigenvalue weighted by Gasteiger charge is 2.42. The molecule has 0 amide bonds. The molecule has 1 heterocycles. The van der Waals surface area contributed by atoms with E-state index in [4.69, 9.17) is 0 Å². The van der Waals surface area contributed by atoms with Gasteiger partial charge in [0.2, 0.25) is 0 Å². The Kier molecular flexibility index (Phi) is 2.73. The highest BCUT2D eigenvalue weighted by Crippen LogP contribution is 2.36. The Bertz CT molecular complexity index is 122. The number of hydrogen-bond donors (Lipinski definition) is 2. The zero-order valence-electron chi connectivity index (χ0n) is 7.38. The molecule has 2 atom stereocenters. The van der Waals surface area contributed by atoms with Crippen LogP contribution < -0.4 is 0 Å². The van der Waals surface area contributed by atoms with Crippen LogP contribution in [0.5, 0.6) is 0 Å². The van der Waals surface area contributed by atoms with E-state index in [1.165, 1.54) is 12.1 Å². The van der Waals surface area contributed by atoms with Crippen LogP contribution in [0, 0.1) is 0 Å². The lowest BCUT2D eigenvalue weighted by molar-refractivity contribution is 0.0542. The van der Waals surface area contributed by atoms with Gasteiger partial charge in [-0.2, -0.15) is 0 Å². The quantitative estimate of drug-likeness (QED) is 0.618. The molecule has 0 aliphatic carbocycles. The van der Waals surface area contributed by atoms with E-state index in [1.54, 1.807) is 0 Å². The van der Waals surface area contributed by atoms with E-state index in [1.807, 2.05) is 0 Å². The lowest BCUT2D eigenvalue weighted by atomic mass is 10.3. The van der Waals surface area contributed by atoms with Gasteiger partial charge in [0.15, 0.2) is 0 Å². The number of rotatable bonds is 2. The summed E-state index contributed by atoms with van der Waals surface area (Å²) in [7, 11) is -1.21. The maximum atomic E-state index is 9.38. The van der Waals surface area contributed by atoms with Gasteiger partial charge in [-0.3, -0.25) is 0 Å². The van der Waals surface area contributed by atoms with Crippen LogP contribution in [0.1, 0.15) is 13.8 Å². The van der Waals surface area contributed by atoms with Crippen molar-refractivity contribution < 1.29 is 10.2 Å². The molecular formula is C8H18O2Si. The van der Waals surface area contributed by atoms with E-state index in [0.29, 0.717) is 0 Å². The van der Waals surface area contributed by atoms with Gasteiger partial charge in [-0.1, -0.05) is 25.9 Å². The smallest absolute Gasteiger partial charge is 0.0773 e. The lowest BCUT2D eigenvalue weighted by Gasteiger charge is -2.22. The fourth-order valence-corrected chi connectivity index (χ4v) is 6.21. The molecule has 3 heteroatoms. The maximum Gasteiger partial charge on any atom is 0.0773 e. The average Bonchev–Trinajstić information content (AvgIpc) is 2.29. The molecule has 0 aromatic heterocycles. The summed E-state index contributed by atoms with van der Waals surface area (Å²) in [6.45, 7) is 4.39. The van der Waals surface area contributed by atoms with Gasteiger partial charge in [-0.25, -0.2) is 0 Å². The first kappa shape index (κ1) is 9.23. The molecule has 0 spiro atoms. The Morgan fingerprint density at radius 2 is 1.45 bits per heavy atom. The van der Waals surface area contributed by atoms with Gasteiger partial charge in [0.1, 0.15) is 0 Å². The molecule has 0 aromatic carbocycles. The monoisotopic (exact) mass is 174 g/mol.